The molecule has 0 spiro atoms. The Hall–Kier alpha value is -0.240. The van der Waals surface area contributed by atoms with Gasteiger partial charge < -0.3 is 0 Å². The number of hydrogen-bond donors (Lipinski definition) is 1. The Morgan fingerprint density at radius 2 is 2.22 bits per heavy atom. The molecule has 2 nitrogen and oxygen atoms in total. The Kier molecular flexibility index (Phi) is 4.50. The van der Waals surface area contributed by atoms with Crippen LogP contribution in [0.3, 0.4) is 0 Å². The molecule has 0 saturated heterocycles. The molecule has 0 aliphatic heterocycles. The second-order valence-corrected chi connectivity index (χ2v) is 2.64. The summed E-state index contributed by atoms with van der Waals surface area (Å²) in [5.74, 6) is 0.476. The summed E-state index contributed by atoms with van der Waals surface area (Å²) in [6.45, 7) is 4.14. The van der Waals surface area contributed by atoms with E-state index >= 15 is 0 Å². The largest absolute Gasteiger partial charge is 0.274 e. The first-order valence-corrected chi connectivity index (χ1v) is 3.44. The lowest BCUT2D eigenvalue weighted by Gasteiger charge is -2.00. The normalized spacial score (nSPS) is 9.78. The number of amides is 1. The van der Waals surface area contributed by atoms with Gasteiger partial charge in [0.15, 0.2) is 0 Å². The monoisotopic (exact) mass is 149 g/mol. The van der Waals surface area contributed by atoms with Crippen molar-refractivity contribution in [3.05, 3.63) is 0 Å². The maximum atomic E-state index is 10.5. The SMILES string of the molecule is CC(C)CCC(=O)NCl. The lowest BCUT2D eigenvalue weighted by Crippen LogP contribution is -2.12. The Labute approximate surface area is 60.7 Å². The highest BCUT2D eigenvalue weighted by Crippen LogP contribution is 2.02. The predicted molar refractivity (Wildman–Crippen MR) is 38.1 cm³/mol. The van der Waals surface area contributed by atoms with Gasteiger partial charge in [-0.3, -0.25) is 9.63 Å². The molecule has 0 fully saturated rings. The second kappa shape index (κ2) is 4.62. The van der Waals surface area contributed by atoms with E-state index in [-0.39, 0.29) is 5.91 Å². The van der Waals surface area contributed by atoms with Crippen molar-refractivity contribution in [2.24, 2.45) is 5.92 Å². The van der Waals surface area contributed by atoms with Crippen molar-refractivity contribution < 1.29 is 4.79 Å². The van der Waals surface area contributed by atoms with Crippen LogP contribution in [0.2, 0.25) is 0 Å². The standard InChI is InChI=1S/C6H12ClNO/c1-5(2)3-4-6(9)8-7/h5H,3-4H2,1-2H3,(H,8,9). The van der Waals surface area contributed by atoms with Crippen LogP contribution in [0.1, 0.15) is 26.7 Å². The van der Waals surface area contributed by atoms with Gasteiger partial charge in [0.1, 0.15) is 0 Å². The van der Waals surface area contributed by atoms with Gasteiger partial charge in [0.2, 0.25) is 5.91 Å². The average Bonchev–Trinajstić information content (AvgIpc) is 1.83. The molecule has 54 valence electrons. The summed E-state index contributed by atoms with van der Waals surface area (Å²) in [4.78, 5) is 12.5. The van der Waals surface area contributed by atoms with E-state index in [1.165, 1.54) is 0 Å². The number of hydrogen-bond acceptors (Lipinski definition) is 1. The third-order valence-corrected chi connectivity index (χ3v) is 1.26. The number of nitrogens with one attached hydrogen (secondary N) is 1. The Morgan fingerprint density at radius 1 is 1.67 bits per heavy atom. The van der Waals surface area contributed by atoms with Crippen LogP contribution >= 0.6 is 11.8 Å². The quantitative estimate of drug-likeness (QED) is 0.608. The molecule has 9 heavy (non-hydrogen) atoms. The minimum absolute atomic E-state index is 0.0923. The summed E-state index contributed by atoms with van der Waals surface area (Å²) >= 11 is 5.04. The van der Waals surface area contributed by atoms with Crippen molar-refractivity contribution in [2.45, 2.75) is 26.7 Å². The Morgan fingerprint density at radius 3 is 2.56 bits per heavy atom. The molecule has 0 rings (SSSR count). The minimum atomic E-state index is -0.0923. The molecule has 0 aliphatic rings. The molecule has 0 radical (unpaired) electrons. The van der Waals surface area contributed by atoms with E-state index < -0.39 is 0 Å². The van der Waals surface area contributed by atoms with Crippen LogP contribution in [-0.4, -0.2) is 5.91 Å². The lowest BCUT2D eigenvalue weighted by atomic mass is 10.1. The zero-order valence-electron chi connectivity index (χ0n) is 5.78. The van der Waals surface area contributed by atoms with E-state index in [2.05, 4.69) is 18.7 Å². The highest BCUT2D eigenvalue weighted by Gasteiger charge is 1.99. The highest BCUT2D eigenvalue weighted by molar-refractivity contribution is 6.21. The molecule has 0 aromatic heterocycles. The third-order valence-electron chi connectivity index (χ3n) is 1.05. The van der Waals surface area contributed by atoms with E-state index in [4.69, 9.17) is 11.8 Å². The van der Waals surface area contributed by atoms with Crippen molar-refractivity contribution in [3.8, 4) is 0 Å². The summed E-state index contributed by atoms with van der Waals surface area (Å²) < 4.78 is 0. The van der Waals surface area contributed by atoms with Crippen LogP contribution in [-0.2, 0) is 4.79 Å². The zero-order chi connectivity index (χ0) is 7.28. The smallest absolute Gasteiger partial charge is 0.234 e. The summed E-state index contributed by atoms with van der Waals surface area (Å²) in [6, 6.07) is 0. The molecule has 0 bridgehead atoms. The van der Waals surface area contributed by atoms with E-state index in [1.807, 2.05) is 0 Å². The second-order valence-electron chi connectivity index (χ2n) is 2.45. The van der Waals surface area contributed by atoms with Gasteiger partial charge in [0, 0.05) is 18.2 Å². The molecule has 0 aromatic rings. The lowest BCUT2D eigenvalue weighted by molar-refractivity contribution is -0.119. The molecular weight excluding hydrogens is 138 g/mol. The first-order valence-electron chi connectivity index (χ1n) is 3.06. The van der Waals surface area contributed by atoms with Gasteiger partial charge in [-0.1, -0.05) is 13.8 Å². The van der Waals surface area contributed by atoms with Gasteiger partial charge in [-0.2, -0.15) is 0 Å². The van der Waals surface area contributed by atoms with Crippen molar-refractivity contribution in [1.82, 2.24) is 4.84 Å². The topological polar surface area (TPSA) is 29.1 Å². The van der Waals surface area contributed by atoms with E-state index in [9.17, 15) is 4.79 Å². The van der Waals surface area contributed by atoms with Crippen LogP contribution in [0.5, 0.6) is 0 Å². The van der Waals surface area contributed by atoms with Crippen molar-refractivity contribution in [1.29, 1.82) is 0 Å². The molecule has 0 saturated carbocycles. The minimum Gasteiger partial charge on any atom is -0.274 e. The number of rotatable bonds is 3. The van der Waals surface area contributed by atoms with Crippen molar-refractivity contribution in [3.63, 3.8) is 0 Å². The molecule has 0 atom stereocenters. The fourth-order valence-corrected chi connectivity index (χ4v) is 0.562. The zero-order valence-corrected chi connectivity index (χ0v) is 6.53. The first-order chi connectivity index (χ1) is 4.16. The van der Waals surface area contributed by atoms with Crippen LogP contribution in [0.25, 0.3) is 0 Å². The van der Waals surface area contributed by atoms with Gasteiger partial charge in [-0.25, -0.2) is 0 Å². The summed E-state index contributed by atoms with van der Waals surface area (Å²) in [5.41, 5.74) is 0. The first kappa shape index (κ1) is 8.76. The summed E-state index contributed by atoms with van der Waals surface area (Å²) in [6.07, 6.45) is 1.43. The van der Waals surface area contributed by atoms with Crippen LogP contribution in [0.15, 0.2) is 0 Å². The van der Waals surface area contributed by atoms with Crippen LogP contribution < -0.4 is 4.84 Å². The van der Waals surface area contributed by atoms with Gasteiger partial charge >= 0.3 is 0 Å². The molecule has 1 N–H and O–H groups in total. The fourth-order valence-electron chi connectivity index (χ4n) is 0.467. The van der Waals surface area contributed by atoms with Gasteiger partial charge in [-0.15, -0.1) is 0 Å². The average molecular weight is 150 g/mol. The van der Waals surface area contributed by atoms with E-state index in [0.29, 0.717) is 12.3 Å². The fraction of sp³-hybridized carbons (Fsp3) is 0.833. The molecule has 1 amide bonds. The maximum absolute atomic E-state index is 10.5. The Bertz CT molecular complexity index is 93.1. The molecule has 0 aliphatic carbocycles. The number of carbonyl (C=O) groups is 1. The molecule has 3 heteroatoms. The Balaban J connectivity index is 3.17. The van der Waals surface area contributed by atoms with Gasteiger partial charge in [0.25, 0.3) is 0 Å². The maximum Gasteiger partial charge on any atom is 0.234 e. The summed E-state index contributed by atoms with van der Waals surface area (Å²) in [7, 11) is 0. The number of carbonyl (C=O) groups excluding carboxylic acids is 1. The van der Waals surface area contributed by atoms with E-state index in [1.54, 1.807) is 0 Å². The van der Waals surface area contributed by atoms with Gasteiger partial charge in [0.05, 0.1) is 0 Å². The third kappa shape index (κ3) is 5.63. The highest BCUT2D eigenvalue weighted by atomic mass is 35.5. The predicted octanol–water partition coefficient (Wildman–Crippen LogP) is 1.69. The van der Waals surface area contributed by atoms with Gasteiger partial charge in [-0.05, 0) is 12.3 Å². The molecule has 0 unspecified atom stereocenters. The molecular formula is C6H12ClNO. The van der Waals surface area contributed by atoms with Crippen molar-refractivity contribution in [2.75, 3.05) is 0 Å². The molecule has 0 heterocycles. The van der Waals surface area contributed by atoms with Crippen LogP contribution in [0.4, 0.5) is 0 Å². The number of halogens is 1. The molecule has 0 aromatic carbocycles. The van der Waals surface area contributed by atoms with E-state index in [0.717, 1.165) is 6.42 Å². The van der Waals surface area contributed by atoms with Crippen molar-refractivity contribution >= 4 is 17.7 Å². The summed E-state index contributed by atoms with van der Waals surface area (Å²) in [5, 5.41) is 0. The van der Waals surface area contributed by atoms with Crippen LogP contribution in [0, 0.1) is 5.92 Å².